The van der Waals surface area contributed by atoms with Crippen molar-refractivity contribution in [2.24, 2.45) is 4.99 Å². The van der Waals surface area contributed by atoms with Crippen molar-refractivity contribution in [2.45, 2.75) is 25.3 Å². The Morgan fingerprint density at radius 1 is 1.24 bits per heavy atom. The summed E-state index contributed by atoms with van der Waals surface area (Å²) < 4.78 is 0. The van der Waals surface area contributed by atoms with E-state index in [1.54, 1.807) is 24.4 Å². The van der Waals surface area contributed by atoms with Gasteiger partial charge in [0, 0.05) is 16.6 Å². The fraction of sp³-hybridized carbons (Fsp3) is 0.357. The van der Waals surface area contributed by atoms with Crippen LogP contribution in [0.15, 0.2) is 23.2 Å². The summed E-state index contributed by atoms with van der Waals surface area (Å²) in [7, 11) is 0. The Bertz CT molecular complexity index is 647. The van der Waals surface area contributed by atoms with Gasteiger partial charge in [0.25, 0.3) is 5.91 Å². The number of fused-ring (bicyclic) bond motifs is 1. The molecule has 3 rings (SSSR count). The molecule has 2 aliphatic rings. The van der Waals surface area contributed by atoms with E-state index in [2.05, 4.69) is 4.99 Å². The van der Waals surface area contributed by atoms with Gasteiger partial charge in [-0.05, 0) is 37.5 Å². The fourth-order valence-electron chi connectivity index (χ4n) is 2.87. The van der Waals surface area contributed by atoms with Crippen molar-refractivity contribution in [3.63, 3.8) is 0 Å². The number of rotatable bonds is 1. The van der Waals surface area contributed by atoms with Crippen molar-refractivity contribution in [3.05, 3.63) is 28.2 Å². The maximum atomic E-state index is 12.7. The molecular weight excluding hydrogens is 311 g/mol. The van der Waals surface area contributed by atoms with Crippen molar-refractivity contribution in [3.8, 4) is 6.19 Å². The van der Waals surface area contributed by atoms with Crippen LogP contribution in [0.5, 0.6) is 0 Å². The average molecular weight is 323 g/mol. The number of piperidine rings is 1. The van der Waals surface area contributed by atoms with E-state index in [0.717, 1.165) is 25.8 Å². The van der Waals surface area contributed by atoms with Gasteiger partial charge in [0.1, 0.15) is 6.04 Å². The number of aliphatic imine (C=N–C) groups is 1. The molecule has 2 fully saturated rings. The lowest BCUT2D eigenvalue weighted by Gasteiger charge is -2.27. The number of carbonyl (C=O) groups excluding carboxylic acids is 1. The zero-order valence-corrected chi connectivity index (χ0v) is 12.6. The molecule has 0 unspecified atom stereocenters. The Hall–Kier alpha value is -1.77. The lowest BCUT2D eigenvalue weighted by molar-refractivity contribution is -0.120. The van der Waals surface area contributed by atoms with Gasteiger partial charge >= 0.3 is 0 Å². The maximum Gasteiger partial charge on any atom is 0.256 e. The monoisotopic (exact) mass is 322 g/mol. The lowest BCUT2D eigenvalue weighted by Crippen LogP contribution is -2.39. The Kier molecular flexibility index (Phi) is 3.75. The highest BCUT2D eigenvalue weighted by atomic mass is 35.5. The van der Waals surface area contributed by atoms with Crippen LogP contribution in [0.25, 0.3) is 0 Å². The first-order chi connectivity index (χ1) is 10.1. The van der Waals surface area contributed by atoms with E-state index in [0.29, 0.717) is 21.7 Å². The summed E-state index contributed by atoms with van der Waals surface area (Å²) >= 11 is 12.0. The number of carbonyl (C=O) groups is 1. The van der Waals surface area contributed by atoms with Crippen molar-refractivity contribution in [1.82, 2.24) is 4.90 Å². The summed E-state index contributed by atoms with van der Waals surface area (Å²) in [4.78, 5) is 19.8. The smallest absolute Gasteiger partial charge is 0.256 e. The summed E-state index contributed by atoms with van der Waals surface area (Å²) in [6, 6.07) is 4.65. The Morgan fingerprint density at radius 3 is 2.62 bits per heavy atom. The maximum absolute atomic E-state index is 12.7. The highest BCUT2D eigenvalue weighted by molar-refractivity contribution is 6.35. The highest BCUT2D eigenvalue weighted by Gasteiger charge is 2.45. The summed E-state index contributed by atoms with van der Waals surface area (Å²) in [5, 5.41) is 9.80. The molecule has 1 amide bonds. The van der Waals surface area contributed by atoms with E-state index in [1.807, 2.05) is 4.90 Å². The first-order valence-electron chi connectivity index (χ1n) is 6.65. The van der Waals surface area contributed by atoms with E-state index in [-0.39, 0.29) is 11.9 Å². The van der Waals surface area contributed by atoms with Crippen LogP contribution in [0.1, 0.15) is 19.3 Å². The van der Waals surface area contributed by atoms with Gasteiger partial charge in [-0.1, -0.05) is 23.2 Å². The number of nitrogens with zero attached hydrogens (tertiary/aromatic N) is 4. The van der Waals surface area contributed by atoms with E-state index < -0.39 is 0 Å². The van der Waals surface area contributed by atoms with Crippen LogP contribution < -0.4 is 4.90 Å². The second-order valence-electron chi connectivity index (χ2n) is 5.02. The molecule has 21 heavy (non-hydrogen) atoms. The number of amides is 1. The van der Waals surface area contributed by atoms with Crippen LogP contribution in [0.3, 0.4) is 0 Å². The van der Waals surface area contributed by atoms with Gasteiger partial charge in [0.2, 0.25) is 12.2 Å². The van der Waals surface area contributed by atoms with Crippen molar-refractivity contribution in [1.29, 1.82) is 5.26 Å². The first kappa shape index (κ1) is 14.2. The molecule has 0 saturated carbocycles. The molecule has 0 bridgehead atoms. The summed E-state index contributed by atoms with van der Waals surface area (Å²) in [6.07, 6.45) is 4.53. The SMILES string of the molecule is N#C/N=C1\N(c2cc(Cl)cc(Cl)c2)C(=O)[C@H]2CCCCN12. The third-order valence-corrected chi connectivity index (χ3v) is 4.16. The number of hydrogen-bond donors (Lipinski definition) is 0. The molecule has 1 aromatic rings. The predicted octanol–water partition coefficient (Wildman–Crippen LogP) is 3.03. The molecule has 0 aromatic heterocycles. The molecule has 2 saturated heterocycles. The Labute approximate surface area is 132 Å². The largest absolute Gasteiger partial charge is 0.329 e. The van der Waals surface area contributed by atoms with E-state index >= 15 is 0 Å². The molecule has 0 radical (unpaired) electrons. The van der Waals surface area contributed by atoms with E-state index in [4.69, 9.17) is 28.5 Å². The highest BCUT2D eigenvalue weighted by Crippen LogP contribution is 2.33. The third-order valence-electron chi connectivity index (χ3n) is 3.72. The topological polar surface area (TPSA) is 59.7 Å². The van der Waals surface area contributed by atoms with Crippen molar-refractivity contribution < 1.29 is 4.79 Å². The minimum absolute atomic E-state index is 0.0815. The third kappa shape index (κ3) is 2.45. The fourth-order valence-corrected chi connectivity index (χ4v) is 3.39. The number of anilines is 1. The molecule has 7 heteroatoms. The number of hydrogen-bond acceptors (Lipinski definition) is 3. The zero-order valence-electron chi connectivity index (χ0n) is 11.1. The van der Waals surface area contributed by atoms with Crippen LogP contribution in [0.2, 0.25) is 10.0 Å². The number of nitriles is 1. The number of guanidine groups is 1. The molecule has 5 nitrogen and oxygen atoms in total. The van der Waals surface area contributed by atoms with Gasteiger partial charge in [0.15, 0.2) is 0 Å². The molecule has 0 aliphatic carbocycles. The molecule has 2 heterocycles. The molecule has 108 valence electrons. The summed E-state index contributed by atoms with van der Waals surface area (Å²) in [5.74, 6) is 0.285. The Morgan fingerprint density at radius 2 is 1.95 bits per heavy atom. The van der Waals surface area contributed by atoms with Gasteiger partial charge in [-0.2, -0.15) is 5.26 Å². The molecule has 1 aromatic carbocycles. The first-order valence-corrected chi connectivity index (χ1v) is 7.41. The van der Waals surface area contributed by atoms with Gasteiger partial charge < -0.3 is 4.90 Å². The second-order valence-corrected chi connectivity index (χ2v) is 5.89. The van der Waals surface area contributed by atoms with E-state index in [9.17, 15) is 4.79 Å². The quantitative estimate of drug-likeness (QED) is 0.747. The lowest BCUT2D eigenvalue weighted by atomic mass is 10.0. The van der Waals surface area contributed by atoms with Crippen molar-refractivity contribution >= 4 is 40.8 Å². The average Bonchev–Trinajstić information content (AvgIpc) is 2.72. The summed E-state index contributed by atoms with van der Waals surface area (Å²) in [6.45, 7) is 0.724. The van der Waals surface area contributed by atoms with Crippen LogP contribution in [-0.4, -0.2) is 29.4 Å². The van der Waals surface area contributed by atoms with Crippen LogP contribution >= 0.6 is 23.2 Å². The van der Waals surface area contributed by atoms with Crippen LogP contribution in [0.4, 0.5) is 5.69 Å². The number of benzene rings is 1. The Balaban J connectivity index is 2.08. The van der Waals surface area contributed by atoms with Gasteiger partial charge in [-0.15, -0.1) is 4.99 Å². The minimum Gasteiger partial charge on any atom is -0.329 e. The van der Waals surface area contributed by atoms with Gasteiger partial charge in [-0.25, -0.2) is 4.90 Å². The van der Waals surface area contributed by atoms with Crippen LogP contribution in [0, 0.1) is 11.5 Å². The van der Waals surface area contributed by atoms with E-state index in [1.165, 1.54) is 4.90 Å². The molecule has 1 atom stereocenters. The zero-order chi connectivity index (χ0) is 15.0. The van der Waals surface area contributed by atoms with Gasteiger partial charge in [-0.3, -0.25) is 4.79 Å². The summed E-state index contributed by atoms with van der Waals surface area (Å²) in [5.41, 5.74) is 0.542. The molecule has 0 N–H and O–H groups in total. The second kappa shape index (κ2) is 5.55. The molecule has 2 aliphatic heterocycles. The van der Waals surface area contributed by atoms with Crippen molar-refractivity contribution in [2.75, 3.05) is 11.4 Å². The molecule has 0 spiro atoms. The minimum atomic E-state index is -0.247. The predicted molar refractivity (Wildman–Crippen MR) is 81.3 cm³/mol. The number of halogens is 2. The van der Waals surface area contributed by atoms with Crippen LogP contribution in [-0.2, 0) is 4.79 Å². The molecular formula is C14H12Cl2N4O. The van der Waals surface area contributed by atoms with Gasteiger partial charge in [0.05, 0.1) is 5.69 Å². The standard InChI is InChI=1S/C14H12Cl2N4O/c15-9-5-10(16)7-11(6-9)20-13(21)12-3-1-2-4-19(12)14(20)18-8-17/h5-7,12H,1-4H2/b18-14-/t12-/m1/s1. The normalized spacial score (nSPS) is 23.4.